The van der Waals surface area contributed by atoms with Gasteiger partial charge in [0.25, 0.3) is 11.8 Å². The molecule has 0 atom stereocenters. The van der Waals surface area contributed by atoms with Crippen LogP contribution in [0.3, 0.4) is 0 Å². The first-order valence-corrected chi connectivity index (χ1v) is 10.0. The maximum absolute atomic E-state index is 13.5. The number of amides is 2. The summed E-state index contributed by atoms with van der Waals surface area (Å²) in [5.41, 5.74) is 0.378. The summed E-state index contributed by atoms with van der Waals surface area (Å²) < 4.78 is 6.93. The van der Waals surface area contributed by atoms with E-state index in [1.807, 2.05) is 0 Å². The van der Waals surface area contributed by atoms with Crippen LogP contribution in [-0.2, 0) is 16.6 Å². The average Bonchev–Trinajstić information content (AvgIpc) is 3.26. The highest BCUT2D eigenvalue weighted by Gasteiger charge is 2.42. The summed E-state index contributed by atoms with van der Waals surface area (Å²) in [6.45, 7) is 0. The summed E-state index contributed by atoms with van der Waals surface area (Å²) in [5, 5.41) is 0. The first-order chi connectivity index (χ1) is 15.8. The van der Waals surface area contributed by atoms with Crippen LogP contribution in [0.15, 0.2) is 60.7 Å². The minimum absolute atomic E-state index is 0.0136. The quantitative estimate of drug-likeness (QED) is 0.358. The Morgan fingerprint density at radius 3 is 2.00 bits per heavy atom. The van der Waals surface area contributed by atoms with Crippen LogP contribution in [0.5, 0.6) is 5.88 Å². The minimum atomic E-state index is -0.738. The number of ether oxygens (including phenoxy) is 1. The van der Waals surface area contributed by atoms with Gasteiger partial charge in [0.15, 0.2) is 5.78 Å². The molecule has 2 aliphatic rings. The van der Waals surface area contributed by atoms with Gasteiger partial charge in [-0.2, -0.15) is 0 Å². The maximum atomic E-state index is 13.5. The lowest BCUT2D eigenvalue weighted by Gasteiger charge is -2.16. The van der Waals surface area contributed by atoms with Crippen molar-refractivity contribution < 1.29 is 28.7 Å². The number of likely N-dealkylation sites (N-methyl/N-ethyl adjacent to an activating group) is 1. The van der Waals surface area contributed by atoms with E-state index < -0.39 is 29.4 Å². The lowest BCUT2D eigenvalue weighted by atomic mass is 9.85. The molecule has 1 aliphatic heterocycles. The third kappa shape index (κ3) is 2.88. The number of hydrogen-bond donors (Lipinski definition) is 0. The van der Waals surface area contributed by atoms with Crippen LogP contribution in [-0.4, -0.2) is 45.9 Å². The van der Waals surface area contributed by atoms with Crippen LogP contribution in [0.25, 0.3) is 5.57 Å². The smallest absolute Gasteiger partial charge is 0.344 e. The molecule has 0 unspecified atom stereocenters. The number of hydrogen-bond acceptors (Lipinski definition) is 6. The Morgan fingerprint density at radius 1 is 0.788 bits per heavy atom. The second kappa shape index (κ2) is 7.23. The molecule has 0 bridgehead atoms. The zero-order valence-electron chi connectivity index (χ0n) is 17.6. The fourth-order valence-electron chi connectivity index (χ4n) is 4.12. The van der Waals surface area contributed by atoms with Gasteiger partial charge in [0.05, 0.1) is 22.3 Å². The van der Waals surface area contributed by atoms with Crippen molar-refractivity contribution in [3.63, 3.8) is 0 Å². The second-order valence-corrected chi connectivity index (χ2v) is 7.68. The number of carbonyl (C=O) groups is 5. The number of benzene rings is 2. The largest absolute Gasteiger partial charge is 0.405 e. The van der Waals surface area contributed by atoms with Crippen LogP contribution in [0.2, 0.25) is 0 Å². The van der Waals surface area contributed by atoms with Gasteiger partial charge in [-0.1, -0.05) is 42.5 Å². The third-order valence-corrected chi connectivity index (χ3v) is 5.80. The van der Waals surface area contributed by atoms with Gasteiger partial charge in [0.2, 0.25) is 11.7 Å². The topological polar surface area (TPSA) is 103 Å². The van der Waals surface area contributed by atoms with E-state index in [0.717, 1.165) is 11.0 Å². The van der Waals surface area contributed by atoms with Crippen molar-refractivity contribution in [1.29, 1.82) is 0 Å². The molecular formula is C25H16N2O6. The Bertz CT molecular complexity index is 1450. The number of carbonyl (C=O) groups excluding carboxylic acids is 5. The molecule has 0 spiro atoms. The van der Waals surface area contributed by atoms with E-state index in [0.29, 0.717) is 0 Å². The molecule has 0 saturated heterocycles. The Labute approximate surface area is 187 Å². The summed E-state index contributed by atoms with van der Waals surface area (Å²) in [6.07, 6.45) is 1.08. The first kappa shape index (κ1) is 20.3. The SMILES string of the molecule is CN1C(=O)C=C(c2c3c(n(C)c2OC(=O)c2ccccc2)C(=O)c2ccccc2C3=O)C1=O. The number of nitrogens with zero attached hydrogens (tertiary/aromatic N) is 2. The molecular weight excluding hydrogens is 424 g/mol. The lowest BCUT2D eigenvalue weighted by Crippen LogP contribution is -2.26. The average molecular weight is 440 g/mol. The molecule has 2 heterocycles. The molecule has 0 saturated carbocycles. The molecule has 5 rings (SSSR count). The number of rotatable bonds is 3. The van der Waals surface area contributed by atoms with Gasteiger partial charge in [-0.25, -0.2) is 4.79 Å². The van der Waals surface area contributed by atoms with Gasteiger partial charge in [-0.15, -0.1) is 0 Å². The summed E-state index contributed by atoms with van der Waals surface area (Å²) in [4.78, 5) is 65.6. The molecule has 1 aromatic heterocycles. The summed E-state index contributed by atoms with van der Waals surface area (Å²) in [5.74, 6) is -3.09. The number of esters is 1. The standard InChI is InChI=1S/C25H16N2O6/c1-26-17(28)12-16(23(26)31)18-19-20(22(30)15-11-7-6-10-14(15)21(19)29)27(2)24(18)33-25(32)13-8-4-3-5-9-13/h3-12H,1-2H3. The van der Waals surface area contributed by atoms with E-state index in [9.17, 15) is 24.0 Å². The van der Waals surface area contributed by atoms with E-state index in [1.165, 1.54) is 30.8 Å². The second-order valence-electron chi connectivity index (χ2n) is 7.68. The Balaban J connectivity index is 1.76. The van der Waals surface area contributed by atoms with Gasteiger partial charge in [0, 0.05) is 31.3 Å². The highest BCUT2D eigenvalue weighted by molar-refractivity contribution is 6.37. The van der Waals surface area contributed by atoms with Crippen molar-refractivity contribution in [2.24, 2.45) is 7.05 Å². The van der Waals surface area contributed by atoms with Crippen LogP contribution in [0.4, 0.5) is 0 Å². The van der Waals surface area contributed by atoms with Gasteiger partial charge in [-0.3, -0.25) is 24.1 Å². The predicted molar refractivity (Wildman–Crippen MR) is 116 cm³/mol. The molecule has 3 aromatic rings. The molecule has 8 nitrogen and oxygen atoms in total. The van der Waals surface area contributed by atoms with Crippen molar-refractivity contribution in [1.82, 2.24) is 9.47 Å². The van der Waals surface area contributed by atoms with Gasteiger partial charge < -0.3 is 9.30 Å². The maximum Gasteiger partial charge on any atom is 0.344 e. The van der Waals surface area contributed by atoms with E-state index in [1.54, 1.807) is 42.5 Å². The number of aromatic nitrogens is 1. The Morgan fingerprint density at radius 2 is 1.39 bits per heavy atom. The fourth-order valence-corrected chi connectivity index (χ4v) is 4.12. The molecule has 8 heteroatoms. The molecule has 1 aliphatic carbocycles. The van der Waals surface area contributed by atoms with Crippen LogP contribution in [0.1, 0.15) is 47.9 Å². The van der Waals surface area contributed by atoms with Crippen molar-refractivity contribution in [3.8, 4) is 5.88 Å². The van der Waals surface area contributed by atoms with Gasteiger partial charge in [0.1, 0.15) is 5.69 Å². The van der Waals surface area contributed by atoms with E-state index in [4.69, 9.17) is 4.74 Å². The van der Waals surface area contributed by atoms with E-state index in [-0.39, 0.29) is 45.0 Å². The highest BCUT2D eigenvalue weighted by atomic mass is 16.5. The molecule has 2 aromatic carbocycles. The Hall–Kier alpha value is -4.59. The van der Waals surface area contributed by atoms with E-state index in [2.05, 4.69) is 0 Å². The monoisotopic (exact) mass is 440 g/mol. The summed E-state index contributed by atoms with van der Waals surface area (Å²) >= 11 is 0. The van der Waals surface area contributed by atoms with Crippen molar-refractivity contribution in [2.75, 3.05) is 7.05 Å². The molecule has 0 radical (unpaired) electrons. The summed E-state index contributed by atoms with van der Waals surface area (Å²) in [6, 6.07) is 14.5. The van der Waals surface area contributed by atoms with Crippen molar-refractivity contribution >= 4 is 34.9 Å². The molecule has 2 amide bonds. The first-order valence-electron chi connectivity index (χ1n) is 10.0. The van der Waals surface area contributed by atoms with Crippen LogP contribution in [0, 0.1) is 0 Å². The van der Waals surface area contributed by atoms with Crippen molar-refractivity contribution in [3.05, 3.63) is 94.2 Å². The normalized spacial score (nSPS) is 14.8. The lowest BCUT2D eigenvalue weighted by molar-refractivity contribution is -0.134. The molecule has 162 valence electrons. The zero-order chi connectivity index (χ0) is 23.4. The molecule has 0 fully saturated rings. The highest BCUT2D eigenvalue weighted by Crippen LogP contribution is 2.42. The zero-order valence-corrected chi connectivity index (χ0v) is 17.6. The summed E-state index contributed by atoms with van der Waals surface area (Å²) in [7, 11) is 2.78. The van der Waals surface area contributed by atoms with Gasteiger partial charge >= 0.3 is 5.97 Å². The van der Waals surface area contributed by atoms with Gasteiger partial charge in [-0.05, 0) is 12.1 Å². The molecule has 0 N–H and O–H groups in total. The van der Waals surface area contributed by atoms with Crippen LogP contribution >= 0.6 is 0 Å². The van der Waals surface area contributed by atoms with E-state index >= 15 is 0 Å². The fraction of sp³-hybridized carbons (Fsp3) is 0.0800. The number of ketones is 2. The van der Waals surface area contributed by atoms with Crippen LogP contribution < -0.4 is 4.74 Å². The Kier molecular flexibility index (Phi) is 4.45. The number of fused-ring (bicyclic) bond motifs is 2. The predicted octanol–water partition coefficient (Wildman–Crippen LogP) is 2.40. The molecule has 33 heavy (non-hydrogen) atoms. The van der Waals surface area contributed by atoms with Crippen molar-refractivity contribution in [2.45, 2.75) is 0 Å². The number of imide groups is 1. The minimum Gasteiger partial charge on any atom is -0.405 e. The third-order valence-electron chi connectivity index (χ3n) is 5.80.